The van der Waals surface area contributed by atoms with E-state index in [0.29, 0.717) is 0 Å². The Labute approximate surface area is 122 Å². The number of anilines is 1. The van der Waals surface area contributed by atoms with Gasteiger partial charge in [-0.05, 0) is 44.6 Å². The van der Waals surface area contributed by atoms with Crippen molar-refractivity contribution in [1.29, 1.82) is 0 Å². The van der Waals surface area contributed by atoms with Crippen molar-refractivity contribution in [3.05, 3.63) is 29.8 Å². The van der Waals surface area contributed by atoms with Gasteiger partial charge >= 0.3 is 0 Å². The summed E-state index contributed by atoms with van der Waals surface area (Å²) in [5.41, 5.74) is 2.66. The molecule has 2 N–H and O–H groups in total. The summed E-state index contributed by atoms with van der Waals surface area (Å²) in [6.07, 6.45) is 1.01. The van der Waals surface area contributed by atoms with Gasteiger partial charge in [-0.3, -0.25) is 4.90 Å². The Kier molecular flexibility index (Phi) is 5.83. The first-order valence-electron chi connectivity index (χ1n) is 7.55. The van der Waals surface area contributed by atoms with E-state index < -0.39 is 0 Å². The zero-order valence-corrected chi connectivity index (χ0v) is 12.7. The van der Waals surface area contributed by atoms with Gasteiger partial charge < -0.3 is 15.3 Å². The summed E-state index contributed by atoms with van der Waals surface area (Å²) in [6.45, 7) is 7.82. The summed E-state index contributed by atoms with van der Waals surface area (Å²) >= 11 is 0. The number of aliphatic hydroxyl groups is 1. The molecular weight excluding hydrogens is 250 g/mol. The number of aliphatic hydroxyl groups excluding tert-OH is 1. The van der Waals surface area contributed by atoms with Crippen LogP contribution in [-0.2, 0) is 0 Å². The molecule has 1 fully saturated rings. The molecule has 1 aliphatic heterocycles. The van der Waals surface area contributed by atoms with Crippen LogP contribution < -0.4 is 10.2 Å². The van der Waals surface area contributed by atoms with Gasteiger partial charge in [0.1, 0.15) is 0 Å². The molecule has 4 nitrogen and oxygen atoms in total. The molecule has 1 unspecified atom stereocenters. The highest BCUT2D eigenvalue weighted by Crippen LogP contribution is 2.17. The maximum Gasteiger partial charge on any atom is 0.0585 e. The summed E-state index contributed by atoms with van der Waals surface area (Å²) in [5.74, 6) is 0. The Morgan fingerprint density at radius 2 is 2.00 bits per heavy atom. The summed E-state index contributed by atoms with van der Waals surface area (Å²) < 4.78 is 0. The fourth-order valence-electron chi connectivity index (χ4n) is 2.72. The number of nitrogens with one attached hydrogen (secondary N) is 1. The molecule has 0 spiro atoms. The van der Waals surface area contributed by atoms with Gasteiger partial charge in [0.05, 0.1) is 6.61 Å². The lowest BCUT2D eigenvalue weighted by molar-refractivity contribution is 0.205. The lowest BCUT2D eigenvalue weighted by Gasteiger charge is -2.36. The molecule has 1 aliphatic rings. The summed E-state index contributed by atoms with van der Waals surface area (Å²) in [4.78, 5) is 4.96. The number of hydrogen-bond donors (Lipinski definition) is 2. The number of aryl methyl sites for hydroxylation is 1. The van der Waals surface area contributed by atoms with Crippen LogP contribution >= 0.6 is 0 Å². The Morgan fingerprint density at radius 1 is 1.25 bits per heavy atom. The first-order chi connectivity index (χ1) is 9.72. The number of piperazine rings is 1. The largest absolute Gasteiger partial charge is 0.395 e. The topological polar surface area (TPSA) is 38.7 Å². The predicted octanol–water partition coefficient (Wildman–Crippen LogP) is 1.09. The average Bonchev–Trinajstić information content (AvgIpc) is 2.49. The zero-order chi connectivity index (χ0) is 14.4. The van der Waals surface area contributed by atoms with E-state index in [1.54, 1.807) is 0 Å². The molecule has 1 aromatic carbocycles. The molecule has 1 heterocycles. The Bertz CT molecular complexity index is 398. The Balaban J connectivity index is 1.78. The second-order valence-electron chi connectivity index (χ2n) is 5.62. The van der Waals surface area contributed by atoms with E-state index >= 15 is 0 Å². The predicted molar refractivity (Wildman–Crippen MR) is 84.4 cm³/mol. The molecule has 112 valence electrons. The quantitative estimate of drug-likeness (QED) is 0.816. The lowest BCUT2D eigenvalue weighted by Crippen LogP contribution is -2.47. The molecule has 1 aromatic rings. The van der Waals surface area contributed by atoms with Gasteiger partial charge in [-0.2, -0.15) is 0 Å². The maximum absolute atomic E-state index is 9.18. The molecule has 1 atom stereocenters. The smallest absolute Gasteiger partial charge is 0.0585 e. The van der Waals surface area contributed by atoms with Crippen molar-refractivity contribution in [2.45, 2.75) is 19.4 Å². The third-order valence-electron chi connectivity index (χ3n) is 4.16. The highest BCUT2D eigenvalue weighted by Gasteiger charge is 2.17. The molecule has 0 radical (unpaired) electrons. The normalized spacial score (nSPS) is 18.2. The third-order valence-corrected chi connectivity index (χ3v) is 4.16. The van der Waals surface area contributed by atoms with E-state index in [1.165, 1.54) is 11.3 Å². The van der Waals surface area contributed by atoms with Crippen molar-refractivity contribution in [1.82, 2.24) is 10.2 Å². The van der Waals surface area contributed by atoms with Gasteiger partial charge in [-0.15, -0.1) is 0 Å². The third kappa shape index (κ3) is 4.20. The molecular formula is C16H27N3O. The highest BCUT2D eigenvalue weighted by atomic mass is 16.3. The lowest BCUT2D eigenvalue weighted by atomic mass is 10.1. The number of hydrogen-bond acceptors (Lipinski definition) is 4. The number of rotatable bonds is 6. The molecule has 0 saturated carbocycles. The molecule has 0 aliphatic carbocycles. The van der Waals surface area contributed by atoms with Crippen LogP contribution in [0.4, 0.5) is 5.69 Å². The van der Waals surface area contributed by atoms with Gasteiger partial charge in [0, 0.05) is 37.9 Å². The van der Waals surface area contributed by atoms with E-state index in [1.807, 2.05) is 7.05 Å². The van der Waals surface area contributed by atoms with Crippen molar-refractivity contribution in [2.24, 2.45) is 0 Å². The van der Waals surface area contributed by atoms with Gasteiger partial charge in [-0.1, -0.05) is 12.1 Å². The fraction of sp³-hybridized carbons (Fsp3) is 0.625. The second-order valence-corrected chi connectivity index (χ2v) is 5.62. The summed E-state index contributed by atoms with van der Waals surface area (Å²) in [5, 5.41) is 12.3. The minimum Gasteiger partial charge on any atom is -0.395 e. The first kappa shape index (κ1) is 15.3. The van der Waals surface area contributed by atoms with E-state index in [0.717, 1.165) is 39.1 Å². The minimum atomic E-state index is 0.222. The Hall–Kier alpha value is -1.10. The van der Waals surface area contributed by atoms with E-state index in [9.17, 15) is 5.11 Å². The van der Waals surface area contributed by atoms with Crippen molar-refractivity contribution >= 4 is 5.69 Å². The van der Waals surface area contributed by atoms with Gasteiger partial charge in [0.2, 0.25) is 0 Å². The van der Waals surface area contributed by atoms with Crippen molar-refractivity contribution in [2.75, 3.05) is 51.3 Å². The highest BCUT2D eigenvalue weighted by molar-refractivity contribution is 5.48. The zero-order valence-electron chi connectivity index (χ0n) is 12.7. The van der Waals surface area contributed by atoms with Gasteiger partial charge in [0.25, 0.3) is 0 Å². The monoisotopic (exact) mass is 277 g/mol. The van der Waals surface area contributed by atoms with Crippen LogP contribution in [0.25, 0.3) is 0 Å². The fourth-order valence-corrected chi connectivity index (χ4v) is 2.72. The van der Waals surface area contributed by atoms with Crippen molar-refractivity contribution in [3.63, 3.8) is 0 Å². The van der Waals surface area contributed by atoms with E-state index in [2.05, 4.69) is 46.3 Å². The SMILES string of the molecule is CNC(CO)CCN1CCN(c2cccc(C)c2)CC1. The Morgan fingerprint density at radius 3 is 2.60 bits per heavy atom. The van der Waals surface area contributed by atoms with Gasteiger partial charge in [-0.25, -0.2) is 0 Å². The van der Waals surface area contributed by atoms with Crippen LogP contribution in [0.3, 0.4) is 0 Å². The molecule has 1 saturated heterocycles. The molecule has 0 bridgehead atoms. The summed E-state index contributed by atoms with van der Waals surface area (Å²) in [7, 11) is 1.91. The van der Waals surface area contributed by atoms with Crippen LogP contribution in [0.15, 0.2) is 24.3 Å². The van der Waals surface area contributed by atoms with Crippen molar-refractivity contribution < 1.29 is 5.11 Å². The molecule has 2 rings (SSSR count). The average molecular weight is 277 g/mol. The van der Waals surface area contributed by atoms with Crippen molar-refractivity contribution in [3.8, 4) is 0 Å². The number of benzene rings is 1. The second kappa shape index (κ2) is 7.62. The minimum absolute atomic E-state index is 0.222. The van der Waals surface area contributed by atoms with Gasteiger partial charge in [0.15, 0.2) is 0 Å². The molecule has 20 heavy (non-hydrogen) atoms. The van der Waals surface area contributed by atoms with E-state index in [4.69, 9.17) is 0 Å². The molecule has 0 aromatic heterocycles. The van der Waals surface area contributed by atoms with E-state index in [-0.39, 0.29) is 12.6 Å². The van der Waals surface area contributed by atoms with Crippen LogP contribution in [0.5, 0.6) is 0 Å². The number of nitrogens with zero attached hydrogens (tertiary/aromatic N) is 2. The molecule has 0 amide bonds. The molecule has 4 heteroatoms. The van der Waals surface area contributed by atoms with Crippen LogP contribution in [-0.4, -0.2) is 62.4 Å². The van der Waals surface area contributed by atoms with Crippen LogP contribution in [0.2, 0.25) is 0 Å². The maximum atomic E-state index is 9.18. The first-order valence-corrected chi connectivity index (χ1v) is 7.55. The summed E-state index contributed by atoms with van der Waals surface area (Å²) in [6, 6.07) is 8.97. The van der Waals surface area contributed by atoms with Crippen LogP contribution in [0.1, 0.15) is 12.0 Å². The standard InChI is InChI=1S/C16H27N3O/c1-14-4-3-5-16(12-14)19-10-8-18(9-11-19)7-6-15(13-20)17-2/h3-5,12,15,17,20H,6-11,13H2,1-2H3. The number of likely N-dealkylation sites (N-methyl/N-ethyl adjacent to an activating group) is 1. The van der Waals surface area contributed by atoms with Crippen LogP contribution in [0, 0.1) is 6.92 Å².